The highest BCUT2D eigenvalue weighted by Gasteiger charge is 2.31. The molecule has 0 spiro atoms. The van der Waals surface area contributed by atoms with Crippen LogP contribution in [0.5, 0.6) is 0 Å². The summed E-state index contributed by atoms with van der Waals surface area (Å²) in [7, 11) is 0. The van der Waals surface area contributed by atoms with Crippen molar-refractivity contribution >= 4 is 0 Å². The first kappa shape index (κ1) is 18.1. The van der Waals surface area contributed by atoms with Crippen molar-refractivity contribution in [1.82, 2.24) is 0 Å². The molecule has 1 aromatic rings. The maximum Gasteiger partial charge on any atom is 0.416 e. The van der Waals surface area contributed by atoms with Crippen LogP contribution >= 0.6 is 0 Å². The van der Waals surface area contributed by atoms with E-state index >= 15 is 0 Å². The van der Waals surface area contributed by atoms with Crippen molar-refractivity contribution in [3.63, 3.8) is 0 Å². The molecule has 1 fully saturated rings. The van der Waals surface area contributed by atoms with Crippen molar-refractivity contribution in [1.29, 1.82) is 0 Å². The molecule has 4 heteroatoms. The van der Waals surface area contributed by atoms with Crippen molar-refractivity contribution in [3.8, 4) is 0 Å². The van der Waals surface area contributed by atoms with Crippen molar-refractivity contribution in [2.75, 3.05) is 0 Å². The number of halogens is 3. The van der Waals surface area contributed by atoms with Gasteiger partial charge in [0.1, 0.15) is 0 Å². The SMILES string of the molecule is C=C(Cc1cc(C(F)(F)F)ccc1CC)CC1CCC(CC)O1. The molecule has 1 saturated heterocycles. The molecule has 0 aromatic heterocycles. The number of benzene rings is 1. The zero-order valence-electron chi connectivity index (χ0n) is 13.9. The fraction of sp³-hybridized carbons (Fsp3) is 0.579. The van der Waals surface area contributed by atoms with Crippen LogP contribution in [0.2, 0.25) is 0 Å². The van der Waals surface area contributed by atoms with Crippen molar-refractivity contribution in [2.24, 2.45) is 0 Å². The molecule has 2 unspecified atom stereocenters. The van der Waals surface area contributed by atoms with Gasteiger partial charge in [0, 0.05) is 0 Å². The van der Waals surface area contributed by atoms with E-state index in [9.17, 15) is 13.2 Å². The summed E-state index contributed by atoms with van der Waals surface area (Å²) in [6.07, 6.45) is 1.23. The third-order valence-electron chi connectivity index (χ3n) is 4.52. The first-order chi connectivity index (χ1) is 10.8. The summed E-state index contributed by atoms with van der Waals surface area (Å²) < 4.78 is 44.6. The minimum absolute atomic E-state index is 0.170. The van der Waals surface area contributed by atoms with E-state index in [1.807, 2.05) is 6.92 Å². The maximum absolute atomic E-state index is 12.9. The molecule has 1 aliphatic heterocycles. The maximum atomic E-state index is 12.9. The Balaban J connectivity index is 2.04. The number of alkyl halides is 3. The van der Waals surface area contributed by atoms with Gasteiger partial charge in [-0.05, 0) is 61.8 Å². The third kappa shape index (κ3) is 4.84. The van der Waals surface area contributed by atoms with Crippen LogP contribution in [-0.4, -0.2) is 12.2 Å². The Hall–Kier alpha value is -1.29. The van der Waals surface area contributed by atoms with Gasteiger partial charge in [0.2, 0.25) is 0 Å². The fourth-order valence-electron chi connectivity index (χ4n) is 3.21. The van der Waals surface area contributed by atoms with Crippen molar-refractivity contribution in [3.05, 3.63) is 47.0 Å². The summed E-state index contributed by atoms with van der Waals surface area (Å²) in [5.41, 5.74) is 2.05. The van der Waals surface area contributed by atoms with Gasteiger partial charge in [0.05, 0.1) is 17.8 Å². The Labute approximate surface area is 136 Å². The van der Waals surface area contributed by atoms with Gasteiger partial charge < -0.3 is 4.74 Å². The molecular formula is C19H25F3O. The molecule has 1 heterocycles. The Morgan fingerprint density at radius 2 is 1.87 bits per heavy atom. The first-order valence-corrected chi connectivity index (χ1v) is 8.34. The van der Waals surface area contributed by atoms with Gasteiger partial charge in [-0.15, -0.1) is 0 Å². The van der Waals surface area contributed by atoms with E-state index in [0.29, 0.717) is 12.5 Å². The molecule has 0 amide bonds. The van der Waals surface area contributed by atoms with Gasteiger partial charge in [0.25, 0.3) is 0 Å². The molecule has 1 nitrogen and oxygen atoms in total. The minimum Gasteiger partial charge on any atom is -0.375 e. The predicted octanol–water partition coefficient (Wildman–Crippen LogP) is 5.71. The van der Waals surface area contributed by atoms with E-state index in [-0.39, 0.29) is 6.10 Å². The zero-order valence-corrected chi connectivity index (χ0v) is 13.9. The highest BCUT2D eigenvalue weighted by atomic mass is 19.4. The summed E-state index contributed by atoms with van der Waals surface area (Å²) in [5, 5.41) is 0. The average Bonchev–Trinajstić information content (AvgIpc) is 2.93. The largest absolute Gasteiger partial charge is 0.416 e. The fourth-order valence-corrected chi connectivity index (χ4v) is 3.21. The lowest BCUT2D eigenvalue weighted by molar-refractivity contribution is -0.137. The average molecular weight is 326 g/mol. The van der Waals surface area contributed by atoms with Crippen LogP contribution in [0.15, 0.2) is 30.4 Å². The lowest BCUT2D eigenvalue weighted by atomic mass is 9.94. The van der Waals surface area contributed by atoms with Crippen LogP contribution in [0.25, 0.3) is 0 Å². The number of aryl methyl sites for hydroxylation is 1. The monoisotopic (exact) mass is 326 g/mol. The highest BCUT2D eigenvalue weighted by Crippen LogP contribution is 2.32. The lowest BCUT2D eigenvalue weighted by Gasteiger charge is -2.17. The second kappa shape index (κ2) is 7.52. The van der Waals surface area contributed by atoms with E-state index in [2.05, 4.69) is 13.5 Å². The van der Waals surface area contributed by atoms with Gasteiger partial charge in [-0.3, -0.25) is 0 Å². The molecule has 0 N–H and O–H groups in total. The van der Waals surface area contributed by atoms with Gasteiger partial charge in [-0.1, -0.05) is 32.1 Å². The molecule has 0 radical (unpaired) electrons. The summed E-state index contributed by atoms with van der Waals surface area (Å²) >= 11 is 0. The van der Waals surface area contributed by atoms with Crippen LogP contribution in [0.3, 0.4) is 0 Å². The molecule has 0 bridgehead atoms. The molecule has 0 saturated carbocycles. The second-order valence-electron chi connectivity index (χ2n) is 6.33. The molecule has 1 aliphatic rings. The molecule has 0 aliphatic carbocycles. The topological polar surface area (TPSA) is 9.23 Å². The van der Waals surface area contributed by atoms with Gasteiger partial charge >= 0.3 is 6.18 Å². The van der Waals surface area contributed by atoms with E-state index in [0.717, 1.165) is 54.9 Å². The van der Waals surface area contributed by atoms with Crippen LogP contribution in [-0.2, 0) is 23.8 Å². The van der Waals surface area contributed by atoms with E-state index < -0.39 is 11.7 Å². The summed E-state index contributed by atoms with van der Waals surface area (Å²) in [5.74, 6) is 0. The van der Waals surface area contributed by atoms with Crippen molar-refractivity contribution in [2.45, 2.75) is 70.8 Å². The first-order valence-electron chi connectivity index (χ1n) is 8.34. The quantitative estimate of drug-likeness (QED) is 0.608. The second-order valence-corrected chi connectivity index (χ2v) is 6.33. The minimum atomic E-state index is -4.30. The lowest BCUT2D eigenvalue weighted by Crippen LogP contribution is -2.12. The summed E-state index contributed by atoms with van der Waals surface area (Å²) in [4.78, 5) is 0. The Bertz CT molecular complexity index is 548. The molecule has 2 rings (SSSR count). The molecule has 1 aromatic carbocycles. The Morgan fingerprint density at radius 3 is 2.43 bits per heavy atom. The number of ether oxygens (including phenoxy) is 1. The summed E-state index contributed by atoms with van der Waals surface area (Å²) in [6.45, 7) is 8.14. The van der Waals surface area contributed by atoms with Gasteiger partial charge in [0.15, 0.2) is 0 Å². The standard InChI is InChI=1S/C19H25F3O/c1-4-14-6-7-16(19(20,21)22)12-15(14)10-13(3)11-18-9-8-17(5-2)23-18/h6-7,12,17-18H,3-5,8-11H2,1-2H3. The molecule has 23 heavy (non-hydrogen) atoms. The normalized spacial score (nSPS) is 21.6. The predicted molar refractivity (Wildman–Crippen MR) is 86.5 cm³/mol. The van der Waals surface area contributed by atoms with Crippen LogP contribution in [0.1, 0.15) is 56.2 Å². The number of rotatable bonds is 6. The van der Waals surface area contributed by atoms with Crippen LogP contribution < -0.4 is 0 Å². The van der Waals surface area contributed by atoms with Crippen molar-refractivity contribution < 1.29 is 17.9 Å². The van der Waals surface area contributed by atoms with E-state index in [4.69, 9.17) is 4.74 Å². The Kier molecular flexibility index (Phi) is 5.90. The number of hydrogen-bond donors (Lipinski definition) is 0. The van der Waals surface area contributed by atoms with E-state index in [1.165, 1.54) is 6.07 Å². The molecular weight excluding hydrogens is 301 g/mol. The smallest absolute Gasteiger partial charge is 0.375 e. The van der Waals surface area contributed by atoms with Crippen LogP contribution in [0, 0.1) is 0 Å². The molecule has 128 valence electrons. The van der Waals surface area contributed by atoms with Gasteiger partial charge in [-0.2, -0.15) is 13.2 Å². The number of hydrogen-bond acceptors (Lipinski definition) is 1. The zero-order chi connectivity index (χ0) is 17.0. The van der Waals surface area contributed by atoms with Gasteiger partial charge in [-0.25, -0.2) is 0 Å². The molecule has 2 atom stereocenters. The summed E-state index contributed by atoms with van der Waals surface area (Å²) in [6, 6.07) is 4.02. The van der Waals surface area contributed by atoms with E-state index in [1.54, 1.807) is 6.07 Å². The third-order valence-corrected chi connectivity index (χ3v) is 4.52. The van der Waals surface area contributed by atoms with Crippen LogP contribution in [0.4, 0.5) is 13.2 Å². The Morgan fingerprint density at radius 1 is 1.17 bits per heavy atom. The highest BCUT2D eigenvalue weighted by molar-refractivity contribution is 5.36.